The molecule has 18 heavy (non-hydrogen) atoms. The normalized spacial score (nSPS) is 18.0. The van der Waals surface area contributed by atoms with E-state index < -0.39 is 5.76 Å². The smallest absolute Gasteiger partial charge is 0.284 e. The molecule has 0 unspecified atom stereocenters. The molecule has 1 aromatic rings. The molecule has 1 aromatic heterocycles. The number of alkyl halides is 2. The molecule has 5 heteroatoms. The molecule has 0 aliphatic heterocycles. The summed E-state index contributed by atoms with van der Waals surface area (Å²) in [6, 6.07) is 3.63. The Hall–Kier alpha value is -0.550. The van der Waals surface area contributed by atoms with Gasteiger partial charge in [0.15, 0.2) is 0 Å². The molecule has 0 radical (unpaired) electrons. The molecule has 0 saturated heterocycles. The van der Waals surface area contributed by atoms with Crippen LogP contribution in [-0.4, -0.2) is 12.3 Å². The van der Waals surface area contributed by atoms with Crippen molar-refractivity contribution in [3.8, 4) is 0 Å². The summed E-state index contributed by atoms with van der Waals surface area (Å²) in [5, 5.41) is 3.37. The predicted molar refractivity (Wildman–Crippen MR) is 69.7 cm³/mol. The van der Waals surface area contributed by atoms with Gasteiger partial charge in [0, 0.05) is 6.54 Å². The van der Waals surface area contributed by atoms with Crippen molar-refractivity contribution in [1.82, 2.24) is 5.32 Å². The average molecular weight is 275 g/mol. The Labute approximate surface area is 111 Å². The average Bonchev–Trinajstić information content (AvgIpc) is 2.72. The number of hydrogen-bond donors (Lipinski definition) is 1. The lowest BCUT2D eigenvalue weighted by molar-refractivity contribution is 0.155. The second kappa shape index (κ2) is 6.06. The van der Waals surface area contributed by atoms with Crippen LogP contribution in [0.3, 0.4) is 0 Å². The van der Waals surface area contributed by atoms with Crippen LogP contribution in [0.15, 0.2) is 16.5 Å². The van der Waals surface area contributed by atoms with Crippen molar-refractivity contribution < 1.29 is 13.2 Å². The SMILES string of the molecule is CC1(CNCc2ccc(CSC(F)F)o2)CCC1. The Morgan fingerprint density at radius 1 is 1.39 bits per heavy atom. The molecule has 102 valence electrons. The molecule has 0 amide bonds. The van der Waals surface area contributed by atoms with E-state index >= 15 is 0 Å². The third-order valence-corrected chi connectivity index (χ3v) is 4.18. The van der Waals surface area contributed by atoms with E-state index in [1.54, 1.807) is 6.07 Å². The predicted octanol–water partition coefficient (Wildman–Crippen LogP) is 4.02. The zero-order valence-electron chi connectivity index (χ0n) is 10.5. The highest BCUT2D eigenvalue weighted by atomic mass is 32.2. The van der Waals surface area contributed by atoms with Crippen LogP contribution in [0.25, 0.3) is 0 Å². The van der Waals surface area contributed by atoms with Gasteiger partial charge in [-0.2, -0.15) is 8.78 Å². The van der Waals surface area contributed by atoms with Crippen molar-refractivity contribution in [2.24, 2.45) is 5.41 Å². The number of furan rings is 1. The van der Waals surface area contributed by atoms with Gasteiger partial charge < -0.3 is 9.73 Å². The molecular weight excluding hydrogens is 256 g/mol. The van der Waals surface area contributed by atoms with Gasteiger partial charge in [-0.3, -0.25) is 0 Å². The van der Waals surface area contributed by atoms with Crippen LogP contribution in [0.5, 0.6) is 0 Å². The lowest BCUT2D eigenvalue weighted by Crippen LogP contribution is -2.36. The Morgan fingerprint density at radius 3 is 2.72 bits per heavy atom. The summed E-state index contributed by atoms with van der Waals surface area (Å²) in [7, 11) is 0. The van der Waals surface area contributed by atoms with Crippen LogP contribution in [0.4, 0.5) is 8.78 Å². The van der Waals surface area contributed by atoms with Gasteiger partial charge in [-0.05, 0) is 30.4 Å². The van der Waals surface area contributed by atoms with E-state index in [-0.39, 0.29) is 5.75 Å². The van der Waals surface area contributed by atoms with Gasteiger partial charge in [-0.25, -0.2) is 0 Å². The minimum atomic E-state index is -2.34. The van der Waals surface area contributed by atoms with Crippen LogP contribution >= 0.6 is 11.8 Å². The first kappa shape index (κ1) is 13.9. The summed E-state index contributed by atoms with van der Waals surface area (Å²) in [6.45, 7) is 3.96. The van der Waals surface area contributed by atoms with Gasteiger partial charge >= 0.3 is 0 Å². The number of halogens is 2. The zero-order valence-corrected chi connectivity index (χ0v) is 11.4. The molecule has 0 bridgehead atoms. The van der Waals surface area contributed by atoms with E-state index in [1.165, 1.54) is 19.3 Å². The largest absolute Gasteiger partial charge is 0.464 e. The summed E-state index contributed by atoms with van der Waals surface area (Å²) >= 11 is 0.591. The topological polar surface area (TPSA) is 25.2 Å². The lowest BCUT2D eigenvalue weighted by Gasteiger charge is -2.38. The Morgan fingerprint density at radius 2 is 2.11 bits per heavy atom. The highest BCUT2D eigenvalue weighted by Crippen LogP contribution is 2.39. The molecule has 1 aliphatic carbocycles. The molecule has 1 N–H and O–H groups in total. The second-order valence-corrected chi connectivity index (χ2v) is 6.19. The van der Waals surface area contributed by atoms with Crippen LogP contribution in [0.2, 0.25) is 0 Å². The maximum absolute atomic E-state index is 12.0. The third kappa shape index (κ3) is 3.99. The first-order valence-electron chi connectivity index (χ1n) is 6.25. The van der Waals surface area contributed by atoms with E-state index in [0.29, 0.717) is 29.5 Å². The highest BCUT2D eigenvalue weighted by Gasteiger charge is 2.30. The van der Waals surface area contributed by atoms with Crippen molar-refractivity contribution in [3.05, 3.63) is 23.7 Å². The standard InChI is InChI=1S/C13H19F2NOS/c1-13(5-2-6-13)9-16-7-10-3-4-11(17-10)8-18-12(14)15/h3-4,12,16H,2,5-9H2,1H3. The van der Waals surface area contributed by atoms with E-state index in [2.05, 4.69) is 12.2 Å². The van der Waals surface area contributed by atoms with Gasteiger partial charge in [0.2, 0.25) is 0 Å². The molecule has 1 fully saturated rings. The molecule has 0 atom stereocenters. The van der Waals surface area contributed by atoms with E-state index in [9.17, 15) is 8.78 Å². The fourth-order valence-electron chi connectivity index (χ4n) is 2.18. The van der Waals surface area contributed by atoms with Crippen LogP contribution in [0, 0.1) is 5.41 Å². The Bertz CT molecular complexity index is 377. The second-order valence-electron chi connectivity index (χ2n) is 5.21. The lowest BCUT2D eigenvalue weighted by atomic mass is 9.70. The van der Waals surface area contributed by atoms with Gasteiger partial charge in [0.05, 0.1) is 12.3 Å². The van der Waals surface area contributed by atoms with E-state index in [0.717, 1.165) is 12.3 Å². The molecular formula is C13H19F2NOS. The molecule has 1 aliphatic rings. The number of rotatable bonds is 7. The first-order valence-corrected chi connectivity index (χ1v) is 7.30. The van der Waals surface area contributed by atoms with E-state index in [1.807, 2.05) is 6.07 Å². The zero-order chi connectivity index (χ0) is 13.0. The molecule has 2 nitrogen and oxygen atoms in total. The first-order chi connectivity index (χ1) is 8.57. The molecule has 0 aromatic carbocycles. The third-order valence-electron chi connectivity index (χ3n) is 3.48. The summed E-state index contributed by atoms with van der Waals surface area (Å²) < 4.78 is 29.5. The van der Waals surface area contributed by atoms with Crippen LogP contribution in [-0.2, 0) is 12.3 Å². The number of hydrogen-bond acceptors (Lipinski definition) is 3. The van der Waals surface area contributed by atoms with Crippen LogP contribution < -0.4 is 5.32 Å². The summed E-state index contributed by atoms with van der Waals surface area (Å²) in [5.74, 6) is -0.667. The van der Waals surface area contributed by atoms with Crippen molar-refractivity contribution in [2.75, 3.05) is 6.54 Å². The summed E-state index contributed by atoms with van der Waals surface area (Å²) in [6.07, 6.45) is 3.90. The number of nitrogens with one attached hydrogen (secondary N) is 1. The van der Waals surface area contributed by atoms with Gasteiger partial charge in [-0.15, -0.1) is 0 Å². The Balaban J connectivity index is 1.69. The van der Waals surface area contributed by atoms with Gasteiger partial charge in [0.25, 0.3) is 5.76 Å². The quantitative estimate of drug-likeness (QED) is 0.813. The summed E-state index contributed by atoms with van der Waals surface area (Å²) in [5.41, 5.74) is 0.445. The number of thioether (sulfide) groups is 1. The van der Waals surface area contributed by atoms with Crippen molar-refractivity contribution in [2.45, 2.75) is 44.2 Å². The van der Waals surface area contributed by atoms with Gasteiger partial charge in [0.1, 0.15) is 11.5 Å². The van der Waals surface area contributed by atoms with Gasteiger partial charge in [-0.1, -0.05) is 25.1 Å². The fraction of sp³-hybridized carbons (Fsp3) is 0.692. The molecule has 1 saturated carbocycles. The van der Waals surface area contributed by atoms with E-state index in [4.69, 9.17) is 4.42 Å². The Kier molecular flexibility index (Phi) is 4.67. The molecule has 1 heterocycles. The monoisotopic (exact) mass is 275 g/mol. The van der Waals surface area contributed by atoms with Crippen molar-refractivity contribution >= 4 is 11.8 Å². The maximum atomic E-state index is 12.0. The minimum absolute atomic E-state index is 0.232. The maximum Gasteiger partial charge on any atom is 0.284 e. The molecule has 0 spiro atoms. The summed E-state index contributed by atoms with van der Waals surface area (Å²) in [4.78, 5) is 0. The van der Waals surface area contributed by atoms with Crippen molar-refractivity contribution in [3.63, 3.8) is 0 Å². The minimum Gasteiger partial charge on any atom is -0.464 e. The van der Waals surface area contributed by atoms with Crippen LogP contribution in [0.1, 0.15) is 37.7 Å². The fourth-order valence-corrected chi connectivity index (χ4v) is 2.63. The molecule has 2 rings (SSSR count). The van der Waals surface area contributed by atoms with Crippen molar-refractivity contribution in [1.29, 1.82) is 0 Å². The highest BCUT2D eigenvalue weighted by molar-refractivity contribution is 7.98.